The van der Waals surface area contributed by atoms with Gasteiger partial charge in [-0.3, -0.25) is 4.79 Å². The Morgan fingerprint density at radius 3 is 2.65 bits per heavy atom. The van der Waals surface area contributed by atoms with Crippen LogP contribution in [0.1, 0.15) is 0 Å². The molecule has 0 saturated carbocycles. The van der Waals surface area contributed by atoms with E-state index in [0.29, 0.717) is 21.6 Å². The predicted octanol–water partition coefficient (Wildman–Crippen LogP) is 3.19. The molecule has 3 N–H and O–H groups in total. The maximum Gasteiger partial charge on any atom is 0.262 e. The van der Waals surface area contributed by atoms with Crippen LogP contribution in [0.25, 0.3) is 0 Å². The van der Waals surface area contributed by atoms with E-state index in [0.717, 1.165) is 0 Å². The van der Waals surface area contributed by atoms with Crippen molar-refractivity contribution in [3.8, 4) is 5.75 Å². The van der Waals surface area contributed by atoms with Crippen LogP contribution in [0.2, 0.25) is 0 Å². The van der Waals surface area contributed by atoms with Gasteiger partial charge in [0.05, 0.1) is 5.69 Å². The minimum Gasteiger partial charge on any atom is -0.484 e. The lowest BCUT2D eigenvalue weighted by atomic mass is 10.3. The molecule has 2 rings (SSSR count). The normalized spacial score (nSPS) is 10.1. The zero-order valence-corrected chi connectivity index (χ0v) is 12.0. The number of nitrogens with two attached hydrogens (primary N) is 1. The number of amides is 1. The molecule has 1 amide bonds. The summed E-state index contributed by atoms with van der Waals surface area (Å²) in [7, 11) is 0. The van der Waals surface area contributed by atoms with Crippen molar-refractivity contribution < 1.29 is 13.9 Å². The number of carbonyl (C=O) groups is 1. The van der Waals surface area contributed by atoms with Gasteiger partial charge in [0.1, 0.15) is 11.6 Å². The highest BCUT2D eigenvalue weighted by Gasteiger charge is 2.07. The van der Waals surface area contributed by atoms with Crippen LogP contribution in [0, 0.1) is 5.82 Å². The molecule has 0 aliphatic carbocycles. The second-order valence-electron chi connectivity index (χ2n) is 4.03. The molecular formula is C14H12BrFN2O2. The highest BCUT2D eigenvalue weighted by Crippen LogP contribution is 2.23. The molecule has 2 aromatic carbocycles. The quantitative estimate of drug-likeness (QED) is 0.841. The van der Waals surface area contributed by atoms with Crippen molar-refractivity contribution in [3.05, 3.63) is 52.8 Å². The summed E-state index contributed by atoms with van der Waals surface area (Å²) < 4.78 is 19.0. The minimum absolute atomic E-state index is 0.174. The highest BCUT2D eigenvalue weighted by atomic mass is 79.9. The Labute approximate surface area is 123 Å². The van der Waals surface area contributed by atoms with E-state index in [9.17, 15) is 9.18 Å². The topological polar surface area (TPSA) is 64.3 Å². The van der Waals surface area contributed by atoms with E-state index in [2.05, 4.69) is 21.2 Å². The lowest BCUT2D eigenvalue weighted by molar-refractivity contribution is -0.118. The summed E-state index contributed by atoms with van der Waals surface area (Å²) in [5, 5.41) is 2.56. The Hall–Kier alpha value is -2.08. The Bertz CT molecular complexity index is 617. The van der Waals surface area contributed by atoms with Crippen molar-refractivity contribution in [3.63, 3.8) is 0 Å². The molecule has 0 aliphatic rings. The molecule has 0 spiro atoms. The van der Waals surface area contributed by atoms with E-state index < -0.39 is 5.82 Å². The van der Waals surface area contributed by atoms with Crippen LogP contribution >= 0.6 is 15.9 Å². The van der Waals surface area contributed by atoms with Crippen LogP contribution in [0.4, 0.5) is 15.8 Å². The highest BCUT2D eigenvalue weighted by molar-refractivity contribution is 9.10. The van der Waals surface area contributed by atoms with Gasteiger partial charge in [-0.1, -0.05) is 0 Å². The first-order chi connectivity index (χ1) is 9.54. The summed E-state index contributed by atoms with van der Waals surface area (Å²) in [6.45, 7) is -0.174. The Morgan fingerprint density at radius 2 is 1.95 bits per heavy atom. The number of hydrogen-bond acceptors (Lipinski definition) is 3. The van der Waals surface area contributed by atoms with Gasteiger partial charge in [0.2, 0.25) is 0 Å². The predicted molar refractivity (Wildman–Crippen MR) is 79.1 cm³/mol. The first kappa shape index (κ1) is 14.3. The van der Waals surface area contributed by atoms with Crippen molar-refractivity contribution >= 4 is 33.2 Å². The minimum atomic E-state index is -0.428. The van der Waals surface area contributed by atoms with Gasteiger partial charge < -0.3 is 15.8 Å². The zero-order valence-electron chi connectivity index (χ0n) is 10.4. The fourth-order valence-electron chi connectivity index (χ4n) is 1.49. The molecule has 2 aromatic rings. The third kappa shape index (κ3) is 3.96. The van der Waals surface area contributed by atoms with Gasteiger partial charge in [-0.2, -0.15) is 0 Å². The Morgan fingerprint density at radius 1 is 1.25 bits per heavy atom. The van der Waals surface area contributed by atoms with Gasteiger partial charge >= 0.3 is 0 Å². The lowest BCUT2D eigenvalue weighted by Crippen LogP contribution is -2.20. The number of nitrogens with one attached hydrogen (secondary N) is 1. The molecule has 0 bridgehead atoms. The van der Waals surface area contributed by atoms with Gasteiger partial charge in [-0.05, 0) is 58.4 Å². The molecule has 20 heavy (non-hydrogen) atoms. The van der Waals surface area contributed by atoms with Crippen LogP contribution in [-0.4, -0.2) is 12.5 Å². The van der Waals surface area contributed by atoms with Gasteiger partial charge in [0, 0.05) is 10.2 Å². The molecule has 0 radical (unpaired) electrons. The second-order valence-corrected chi connectivity index (χ2v) is 4.88. The van der Waals surface area contributed by atoms with Crippen LogP contribution in [0.3, 0.4) is 0 Å². The number of carbonyl (C=O) groups excluding carboxylic acids is 1. The van der Waals surface area contributed by atoms with Crippen LogP contribution in [-0.2, 0) is 4.79 Å². The Balaban J connectivity index is 1.92. The molecular weight excluding hydrogens is 327 g/mol. The molecule has 6 heteroatoms. The second kappa shape index (κ2) is 6.38. The molecule has 0 saturated heterocycles. The molecule has 0 atom stereocenters. The third-order valence-corrected chi connectivity index (χ3v) is 3.14. The third-order valence-electron chi connectivity index (χ3n) is 2.45. The van der Waals surface area contributed by atoms with Crippen molar-refractivity contribution in [2.45, 2.75) is 0 Å². The number of benzene rings is 2. The number of hydrogen-bond donors (Lipinski definition) is 2. The smallest absolute Gasteiger partial charge is 0.262 e. The van der Waals surface area contributed by atoms with Crippen molar-refractivity contribution in [1.82, 2.24) is 0 Å². The summed E-state index contributed by atoms with van der Waals surface area (Å²) in [4.78, 5) is 11.7. The monoisotopic (exact) mass is 338 g/mol. The first-order valence-corrected chi connectivity index (χ1v) is 6.57. The number of ether oxygens (including phenoxy) is 1. The van der Waals surface area contributed by atoms with E-state index in [-0.39, 0.29) is 12.5 Å². The van der Waals surface area contributed by atoms with E-state index in [1.807, 2.05) is 0 Å². The average Bonchev–Trinajstić information content (AvgIpc) is 2.42. The Kier molecular flexibility index (Phi) is 4.57. The molecule has 0 fully saturated rings. The maximum atomic E-state index is 13.1. The van der Waals surface area contributed by atoms with Gasteiger partial charge in [0.15, 0.2) is 6.61 Å². The van der Waals surface area contributed by atoms with E-state index in [1.165, 1.54) is 18.2 Å². The fraction of sp³-hybridized carbons (Fsp3) is 0.0714. The number of halogens is 2. The zero-order chi connectivity index (χ0) is 14.5. The lowest BCUT2D eigenvalue weighted by Gasteiger charge is -2.09. The number of rotatable bonds is 4. The van der Waals surface area contributed by atoms with Gasteiger partial charge in [-0.25, -0.2) is 4.39 Å². The van der Waals surface area contributed by atoms with Crippen LogP contribution in [0.5, 0.6) is 5.75 Å². The SMILES string of the molecule is Nc1ccc(OCC(=O)Nc2cc(F)ccc2Br)cc1. The molecule has 4 nitrogen and oxygen atoms in total. The number of anilines is 2. The van der Waals surface area contributed by atoms with E-state index in [1.54, 1.807) is 24.3 Å². The van der Waals surface area contributed by atoms with Crippen molar-refractivity contribution in [2.24, 2.45) is 0 Å². The number of nitrogen functional groups attached to an aromatic ring is 1. The summed E-state index contributed by atoms with van der Waals surface area (Å²) >= 11 is 3.23. The van der Waals surface area contributed by atoms with Crippen molar-refractivity contribution in [2.75, 3.05) is 17.7 Å². The summed E-state index contributed by atoms with van der Waals surface area (Å²) in [5.74, 6) is -0.274. The molecule has 104 valence electrons. The van der Waals surface area contributed by atoms with Gasteiger partial charge in [-0.15, -0.1) is 0 Å². The summed E-state index contributed by atoms with van der Waals surface area (Å²) in [6, 6.07) is 10.7. The summed E-state index contributed by atoms with van der Waals surface area (Å²) in [5.41, 5.74) is 6.51. The fourth-order valence-corrected chi connectivity index (χ4v) is 1.84. The average molecular weight is 339 g/mol. The van der Waals surface area contributed by atoms with E-state index in [4.69, 9.17) is 10.5 Å². The molecule has 0 heterocycles. The van der Waals surface area contributed by atoms with Crippen LogP contribution < -0.4 is 15.8 Å². The van der Waals surface area contributed by atoms with Gasteiger partial charge in [0.25, 0.3) is 5.91 Å². The maximum absolute atomic E-state index is 13.1. The molecule has 0 aliphatic heterocycles. The standard InChI is InChI=1S/C14H12BrFN2O2/c15-12-6-1-9(16)7-13(12)18-14(19)8-20-11-4-2-10(17)3-5-11/h1-7H,8,17H2,(H,18,19). The van der Waals surface area contributed by atoms with Crippen LogP contribution in [0.15, 0.2) is 46.9 Å². The van der Waals surface area contributed by atoms with Crippen molar-refractivity contribution in [1.29, 1.82) is 0 Å². The first-order valence-electron chi connectivity index (χ1n) is 5.78. The molecule has 0 unspecified atom stereocenters. The van der Waals surface area contributed by atoms with E-state index >= 15 is 0 Å². The largest absolute Gasteiger partial charge is 0.484 e. The summed E-state index contributed by atoms with van der Waals surface area (Å²) in [6.07, 6.45) is 0. The molecule has 0 aromatic heterocycles.